The maximum Gasteiger partial charge on any atom is 0.128 e. The maximum atomic E-state index is 13.3. The van der Waals surface area contributed by atoms with Gasteiger partial charge in [0.05, 0.1) is 13.2 Å². The highest BCUT2D eigenvalue weighted by atomic mass is 19.1. The van der Waals surface area contributed by atoms with Crippen molar-refractivity contribution in [2.75, 3.05) is 0 Å². The lowest BCUT2D eigenvalue weighted by Gasteiger charge is -2.06. The van der Waals surface area contributed by atoms with E-state index in [-0.39, 0.29) is 18.3 Å². The molecule has 0 atom stereocenters. The van der Waals surface area contributed by atoms with Crippen molar-refractivity contribution in [3.63, 3.8) is 0 Å². The molecular weight excluding hydrogens is 243 g/mol. The number of nitrogens with two attached hydrogens (primary N) is 1. The van der Waals surface area contributed by atoms with Gasteiger partial charge < -0.3 is 10.5 Å². The van der Waals surface area contributed by atoms with Gasteiger partial charge in [-0.15, -0.1) is 0 Å². The summed E-state index contributed by atoms with van der Waals surface area (Å²) in [5, 5.41) is 7.28. The van der Waals surface area contributed by atoms with Crippen LogP contribution in [0.1, 0.15) is 16.7 Å². The molecule has 0 saturated heterocycles. The molecule has 0 amide bonds. The lowest BCUT2D eigenvalue weighted by molar-refractivity contribution is 0.105. The molecule has 2 rings (SSSR count). The Morgan fingerprint density at radius 2 is 1.74 bits per heavy atom. The summed E-state index contributed by atoms with van der Waals surface area (Å²) in [6, 6.07) is 13.8. The molecule has 0 aliphatic carbocycles. The highest BCUT2D eigenvalue weighted by Gasteiger charge is 2.01. The molecule has 0 saturated carbocycles. The minimum absolute atomic E-state index is 0.0406. The van der Waals surface area contributed by atoms with Crippen molar-refractivity contribution in [2.45, 2.75) is 13.2 Å². The van der Waals surface area contributed by atoms with Crippen LogP contribution in [0.3, 0.4) is 0 Å². The van der Waals surface area contributed by atoms with Crippen LogP contribution in [-0.4, -0.2) is 5.84 Å². The Kier molecular flexibility index (Phi) is 4.26. The van der Waals surface area contributed by atoms with Crippen LogP contribution in [-0.2, 0) is 18.0 Å². The van der Waals surface area contributed by atoms with Crippen LogP contribution in [0, 0.1) is 11.2 Å². The van der Waals surface area contributed by atoms with Crippen LogP contribution < -0.4 is 5.73 Å². The minimum atomic E-state index is -0.255. The van der Waals surface area contributed by atoms with E-state index in [1.54, 1.807) is 30.3 Å². The second kappa shape index (κ2) is 6.11. The van der Waals surface area contributed by atoms with Gasteiger partial charge in [0.25, 0.3) is 0 Å². The summed E-state index contributed by atoms with van der Waals surface area (Å²) < 4.78 is 18.8. The van der Waals surface area contributed by atoms with Crippen molar-refractivity contribution in [2.24, 2.45) is 5.73 Å². The van der Waals surface area contributed by atoms with E-state index in [4.69, 9.17) is 15.9 Å². The Hall–Kier alpha value is -2.20. The number of hydrogen-bond acceptors (Lipinski definition) is 2. The van der Waals surface area contributed by atoms with Crippen LogP contribution >= 0.6 is 0 Å². The molecule has 3 N–H and O–H groups in total. The Balaban J connectivity index is 1.89. The van der Waals surface area contributed by atoms with Crippen molar-refractivity contribution < 1.29 is 9.13 Å². The van der Waals surface area contributed by atoms with E-state index in [9.17, 15) is 4.39 Å². The van der Waals surface area contributed by atoms with Crippen molar-refractivity contribution >= 4 is 5.84 Å². The molecule has 0 unspecified atom stereocenters. The third-order valence-corrected chi connectivity index (χ3v) is 2.75. The lowest BCUT2D eigenvalue weighted by atomic mass is 10.1. The van der Waals surface area contributed by atoms with Crippen molar-refractivity contribution in [3.8, 4) is 0 Å². The largest absolute Gasteiger partial charge is 0.384 e. The molecule has 4 heteroatoms. The van der Waals surface area contributed by atoms with E-state index in [2.05, 4.69) is 0 Å². The second-order valence-corrected chi connectivity index (χ2v) is 4.19. The molecule has 0 bridgehead atoms. The van der Waals surface area contributed by atoms with E-state index >= 15 is 0 Å². The third kappa shape index (κ3) is 3.63. The quantitative estimate of drug-likeness (QED) is 0.640. The fourth-order valence-electron chi connectivity index (χ4n) is 1.67. The summed E-state index contributed by atoms with van der Waals surface area (Å²) in [7, 11) is 0. The first-order valence-corrected chi connectivity index (χ1v) is 5.91. The molecule has 0 aliphatic rings. The molecule has 3 nitrogen and oxygen atoms in total. The Morgan fingerprint density at radius 1 is 1.05 bits per heavy atom. The number of rotatable bonds is 5. The molecule has 0 radical (unpaired) electrons. The molecule has 2 aromatic carbocycles. The van der Waals surface area contributed by atoms with E-state index < -0.39 is 0 Å². The van der Waals surface area contributed by atoms with Crippen LogP contribution in [0.15, 0.2) is 48.5 Å². The van der Waals surface area contributed by atoms with Crippen molar-refractivity contribution in [1.29, 1.82) is 5.41 Å². The lowest BCUT2D eigenvalue weighted by Crippen LogP contribution is -2.10. The first-order chi connectivity index (χ1) is 9.16. The zero-order valence-electron chi connectivity index (χ0n) is 10.4. The van der Waals surface area contributed by atoms with E-state index in [1.807, 2.05) is 12.1 Å². The summed E-state index contributed by atoms with van der Waals surface area (Å²) >= 11 is 0. The molecule has 19 heavy (non-hydrogen) atoms. The fraction of sp³-hybridized carbons (Fsp3) is 0.133. The van der Waals surface area contributed by atoms with Crippen molar-refractivity contribution in [1.82, 2.24) is 0 Å². The number of hydrogen-bond donors (Lipinski definition) is 2. The van der Waals surface area contributed by atoms with Gasteiger partial charge in [0.1, 0.15) is 11.7 Å². The van der Waals surface area contributed by atoms with Gasteiger partial charge in [-0.05, 0) is 11.6 Å². The minimum Gasteiger partial charge on any atom is -0.384 e. The molecule has 0 fully saturated rings. The van der Waals surface area contributed by atoms with Gasteiger partial charge in [0, 0.05) is 11.1 Å². The van der Waals surface area contributed by atoms with Gasteiger partial charge in [-0.3, -0.25) is 5.41 Å². The highest BCUT2D eigenvalue weighted by Crippen LogP contribution is 2.10. The van der Waals surface area contributed by atoms with Gasteiger partial charge >= 0.3 is 0 Å². The van der Waals surface area contributed by atoms with Gasteiger partial charge in [0.2, 0.25) is 0 Å². The summed E-state index contributed by atoms with van der Waals surface area (Å²) in [6.45, 7) is 0.633. The average molecular weight is 258 g/mol. The normalized spacial score (nSPS) is 10.4. The average Bonchev–Trinajstić information content (AvgIpc) is 2.41. The first kappa shape index (κ1) is 13.2. The number of nitrogens with one attached hydrogen (secondary N) is 1. The smallest absolute Gasteiger partial charge is 0.128 e. The maximum absolute atomic E-state index is 13.3. The van der Waals surface area contributed by atoms with Gasteiger partial charge in [-0.1, -0.05) is 42.5 Å². The molecule has 0 aliphatic heterocycles. The summed E-state index contributed by atoms with van der Waals surface area (Å²) in [5.41, 5.74) is 7.55. The van der Waals surface area contributed by atoms with Crippen LogP contribution in [0.5, 0.6) is 0 Å². The molecular formula is C15H15FN2O. The Labute approximate surface area is 111 Å². The third-order valence-electron chi connectivity index (χ3n) is 2.75. The zero-order chi connectivity index (χ0) is 13.7. The second-order valence-electron chi connectivity index (χ2n) is 4.19. The Morgan fingerprint density at radius 3 is 2.37 bits per heavy atom. The van der Waals surface area contributed by atoms with E-state index in [1.165, 1.54) is 6.07 Å². The SMILES string of the molecule is N=C(N)c1ccc(COCc2ccccc2F)cc1. The predicted octanol–water partition coefficient (Wildman–Crippen LogP) is 2.83. The predicted molar refractivity (Wildman–Crippen MR) is 72.4 cm³/mol. The van der Waals surface area contributed by atoms with E-state index in [0.717, 1.165) is 5.56 Å². The number of ether oxygens (including phenoxy) is 1. The van der Waals surface area contributed by atoms with Crippen LogP contribution in [0.2, 0.25) is 0 Å². The van der Waals surface area contributed by atoms with Gasteiger partial charge in [0.15, 0.2) is 0 Å². The standard InChI is InChI=1S/C15H15FN2O/c16-14-4-2-1-3-13(14)10-19-9-11-5-7-12(8-6-11)15(17)18/h1-8H,9-10H2,(H3,17,18). The number of halogens is 1. The fourth-order valence-corrected chi connectivity index (χ4v) is 1.67. The zero-order valence-corrected chi connectivity index (χ0v) is 10.4. The van der Waals surface area contributed by atoms with Crippen LogP contribution in [0.25, 0.3) is 0 Å². The number of nitrogen functional groups attached to an aromatic ring is 1. The van der Waals surface area contributed by atoms with Gasteiger partial charge in [-0.2, -0.15) is 0 Å². The molecule has 0 aromatic heterocycles. The van der Waals surface area contributed by atoms with Gasteiger partial charge in [-0.25, -0.2) is 4.39 Å². The number of benzene rings is 2. The monoisotopic (exact) mass is 258 g/mol. The number of amidine groups is 1. The summed E-state index contributed by atoms with van der Waals surface area (Å²) in [5.74, 6) is -0.215. The van der Waals surface area contributed by atoms with E-state index in [0.29, 0.717) is 17.7 Å². The molecule has 0 spiro atoms. The van der Waals surface area contributed by atoms with Crippen LogP contribution in [0.4, 0.5) is 4.39 Å². The topological polar surface area (TPSA) is 59.1 Å². The molecule has 2 aromatic rings. The molecule has 98 valence electrons. The summed E-state index contributed by atoms with van der Waals surface area (Å²) in [4.78, 5) is 0. The molecule has 0 heterocycles. The first-order valence-electron chi connectivity index (χ1n) is 5.91. The highest BCUT2D eigenvalue weighted by molar-refractivity contribution is 5.94. The Bertz CT molecular complexity index is 567. The summed E-state index contributed by atoms with van der Waals surface area (Å²) in [6.07, 6.45) is 0. The van der Waals surface area contributed by atoms with Crippen molar-refractivity contribution in [3.05, 3.63) is 71.0 Å².